The van der Waals surface area contributed by atoms with E-state index < -0.39 is 0 Å². The summed E-state index contributed by atoms with van der Waals surface area (Å²) in [6.45, 7) is 2.34. The summed E-state index contributed by atoms with van der Waals surface area (Å²) in [5.41, 5.74) is 1.70. The molecule has 5 heteroatoms. The maximum atomic E-state index is 11.7. The number of rotatable bonds is 3. The van der Waals surface area contributed by atoms with Crippen molar-refractivity contribution in [3.05, 3.63) is 52.3 Å². The van der Waals surface area contributed by atoms with Gasteiger partial charge in [-0.1, -0.05) is 0 Å². The number of hydrogen-bond donors (Lipinski definition) is 1. The summed E-state index contributed by atoms with van der Waals surface area (Å²) in [5, 5.41) is 2.89. The van der Waals surface area contributed by atoms with Crippen molar-refractivity contribution in [2.45, 2.75) is 13.5 Å². The summed E-state index contributed by atoms with van der Waals surface area (Å²) in [6, 6.07) is 3.51. The number of nitrogens with one attached hydrogen (secondary N) is 1. The van der Waals surface area contributed by atoms with Crippen LogP contribution in [0.25, 0.3) is 0 Å². The molecule has 17 heavy (non-hydrogen) atoms. The largest absolute Gasteiger partial charge is 0.372 e. The highest BCUT2D eigenvalue weighted by Gasteiger charge is 2.00. The van der Waals surface area contributed by atoms with Crippen molar-refractivity contribution in [1.29, 1.82) is 0 Å². The van der Waals surface area contributed by atoms with Crippen molar-refractivity contribution >= 4 is 5.82 Å². The molecule has 88 valence electrons. The zero-order valence-corrected chi connectivity index (χ0v) is 9.84. The molecule has 2 aromatic heterocycles. The van der Waals surface area contributed by atoms with Gasteiger partial charge in [-0.15, -0.1) is 0 Å². The van der Waals surface area contributed by atoms with Crippen LogP contribution in [-0.4, -0.2) is 21.6 Å². The van der Waals surface area contributed by atoms with Gasteiger partial charge < -0.3 is 9.88 Å². The first kappa shape index (κ1) is 11.3. The van der Waals surface area contributed by atoms with E-state index >= 15 is 0 Å². The predicted octanol–water partition coefficient (Wildman–Crippen LogP) is 1.04. The molecule has 0 amide bonds. The van der Waals surface area contributed by atoms with Gasteiger partial charge in [-0.25, -0.2) is 4.98 Å². The van der Waals surface area contributed by atoms with Crippen LogP contribution in [0.3, 0.4) is 0 Å². The van der Waals surface area contributed by atoms with E-state index in [1.807, 2.05) is 13.0 Å². The summed E-state index contributed by atoms with van der Waals surface area (Å²) in [4.78, 5) is 20.0. The molecule has 0 unspecified atom stereocenters. The van der Waals surface area contributed by atoms with E-state index in [1.54, 1.807) is 36.3 Å². The third kappa shape index (κ3) is 2.69. The number of nitrogens with zero attached hydrogens (tertiary/aromatic N) is 3. The van der Waals surface area contributed by atoms with Gasteiger partial charge in [0.05, 0.1) is 24.6 Å². The summed E-state index contributed by atoms with van der Waals surface area (Å²) in [7, 11) is 1.79. The molecule has 2 aromatic rings. The van der Waals surface area contributed by atoms with Gasteiger partial charge in [-0.3, -0.25) is 9.78 Å². The van der Waals surface area contributed by atoms with E-state index in [-0.39, 0.29) is 5.56 Å². The van der Waals surface area contributed by atoms with Gasteiger partial charge in [0.2, 0.25) is 0 Å². The van der Waals surface area contributed by atoms with E-state index in [2.05, 4.69) is 15.3 Å². The van der Waals surface area contributed by atoms with Crippen molar-refractivity contribution in [2.24, 2.45) is 0 Å². The van der Waals surface area contributed by atoms with Crippen molar-refractivity contribution in [3.8, 4) is 0 Å². The fourth-order valence-electron chi connectivity index (χ4n) is 1.48. The summed E-state index contributed by atoms with van der Waals surface area (Å²) >= 11 is 0. The molecular formula is C12H14N4O. The van der Waals surface area contributed by atoms with Gasteiger partial charge in [0, 0.05) is 19.3 Å². The lowest BCUT2D eigenvalue weighted by Gasteiger charge is -2.05. The molecule has 2 heterocycles. The Morgan fingerprint density at radius 2 is 2.18 bits per heavy atom. The minimum atomic E-state index is -0.0236. The monoisotopic (exact) mass is 230 g/mol. The third-order valence-corrected chi connectivity index (χ3v) is 2.45. The second-order valence-electron chi connectivity index (χ2n) is 3.81. The van der Waals surface area contributed by atoms with Crippen LogP contribution in [0.15, 0.2) is 35.5 Å². The molecule has 0 fully saturated rings. The quantitative estimate of drug-likeness (QED) is 0.855. The van der Waals surface area contributed by atoms with Gasteiger partial charge >= 0.3 is 0 Å². The lowest BCUT2D eigenvalue weighted by Crippen LogP contribution is -2.19. The second-order valence-corrected chi connectivity index (χ2v) is 3.81. The SMILES string of the molecule is CNc1cnc(Cn2ccc(C)cc2=O)cn1. The topological polar surface area (TPSA) is 59.8 Å². The van der Waals surface area contributed by atoms with Crippen molar-refractivity contribution < 1.29 is 0 Å². The smallest absolute Gasteiger partial charge is 0.251 e. The summed E-state index contributed by atoms with van der Waals surface area (Å²) in [5.74, 6) is 0.713. The third-order valence-electron chi connectivity index (χ3n) is 2.45. The van der Waals surface area contributed by atoms with Crippen molar-refractivity contribution in [2.75, 3.05) is 12.4 Å². The molecular weight excluding hydrogens is 216 g/mol. The Labute approximate surface area is 99.2 Å². The van der Waals surface area contributed by atoms with E-state index in [9.17, 15) is 4.79 Å². The molecule has 5 nitrogen and oxygen atoms in total. The average Bonchev–Trinajstić information content (AvgIpc) is 2.34. The summed E-state index contributed by atoms with van der Waals surface area (Å²) < 4.78 is 1.61. The minimum absolute atomic E-state index is 0.0236. The molecule has 2 rings (SSSR count). The van der Waals surface area contributed by atoms with Crippen LogP contribution >= 0.6 is 0 Å². The maximum absolute atomic E-state index is 11.7. The molecule has 1 N–H and O–H groups in total. The average molecular weight is 230 g/mol. The highest BCUT2D eigenvalue weighted by Crippen LogP contribution is 2.01. The molecule has 0 aliphatic carbocycles. The normalized spacial score (nSPS) is 10.2. The van der Waals surface area contributed by atoms with Crippen LogP contribution in [0, 0.1) is 6.92 Å². The second kappa shape index (κ2) is 4.78. The van der Waals surface area contributed by atoms with Gasteiger partial charge in [0.15, 0.2) is 0 Å². The van der Waals surface area contributed by atoms with Crippen LogP contribution in [0.4, 0.5) is 5.82 Å². The van der Waals surface area contributed by atoms with Gasteiger partial charge in [-0.05, 0) is 18.6 Å². The van der Waals surface area contributed by atoms with Crippen LogP contribution < -0.4 is 10.9 Å². The van der Waals surface area contributed by atoms with Crippen molar-refractivity contribution in [3.63, 3.8) is 0 Å². The summed E-state index contributed by atoms with van der Waals surface area (Å²) in [6.07, 6.45) is 5.08. The molecule has 0 bridgehead atoms. The van der Waals surface area contributed by atoms with E-state index in [0.717, 1.165) is 11.3 Å². The zero-order valence-electron chi connectivity index (χ0n) is 9.84. The fraction of sp³-hybridized carbons (Fsp3) is 0.250. The number of aromatic nitrogens is 3. The molecule has 0 aromatic carbocycles. The standard InChI is InChI=1S/C12H14N4O/c1-9-3-4-16(12(17)5-9)8-10-6-15-11(13-2)7-14-10/h3-7H,8H2,1-2H3,(H,13,15). The van der Waals surface area contributed by atoms with Crippen LogP contribution in [-0.2, 0) is 6.54 Å². The highest BCUT2D eigenvalue weighted by atomic mass is 16.1. The molecule has 0 saturated carbocycles. The Kier molecular flexibility index (Phi) is 3.18. The van der Waals surface area contributed by atoms with Crippen molar-refractivity contribution in [1.82, 2.24) is 14.5 Å². The minimum Gasteiger partial charge on any atom is -0.372 e. The molecule has 0 saturated heterocycles. The molecule has 0 aliphatic rings. The van der Waals surface area contributed by atoms with Crippen LogP contribution in [0.1, 0.15) is 11.3 Å². The van der Waals surface area contributed by atoms with Crippen LogP contribution in [0.5, 0.6) is 0 Å². The molecule has 0 atom stereocenters. The lowest BCUT2D eigenvalue weighted by molar-refractivity contribution is 0.733. The Morgan fingerprint density at radius 3 is 2.76 bits per heavy atom. The number of pyridine rings is 1. The number of anilines is 1. The molecule has 0 radical (unpaired) electrons. The van der Waals surface area contributed by atoms with Gasteiger partial charge in [-0.2, -0.15) is 0 Å². The first-order valence-electron chi connectivity index (χ1n) is 5.35. The lowest BCUT2D eigenvalue weighted by atomic mass is 10.3. The molecule has 0 spiro atoms. The predicted molar refractivity (Wildman–Crippen MR) is 66.1 cm³/mol. The number of hydrogen-bond acceptors (Lipinski definition) is 4. The molecule has 0 aliphatic heterocycles. The first-order valence-corrected chi connectivity index (χ1v) is 5.35. The van der Waals surface area contributed by atoms with Crippen LogP contribution in [0.2, 0.25) is 0 Å². The van der Waals surface area contributed by atoms with E-state index in [1.165, 1.54) is 0 Å². The van der Waals surface area contributed by atoms with E-state index in [4.69, 9.17) is 0 Å². The Hall–Kier alpha value is -2.17. The van der Waals surface area contributed by atoms with E-state index in [0.29, 0.717) is 12.4 Å². The van der Waals surface area contributed by atoms with Gasteiger partial charge in [0.25, 0.3) is 5.56 Å². The highest BCUT2D eigenvalue weighted by molar-refractivity contribution is 5.29. The first-order chi connectivity index (χ1) is 8.19. The Balaban J connectivity index is 2.22. The Bertz CT molecular complexity index is 559. The van der Waals surface area contributed by atoms with Gasteiger partial charge in [0.1, 0.15) is 5.82 Å². The zero-order chi connectivity index (χ0) is 12.3. The fourth-order valence-corrected chi connectivity index (χ4v) is 1.48. The Morgan fingerprint density at radius 1 is 1.35 bits per heavy atom. The number of aryl methyl sites for hydroxylation is 1. The maximum Gasteiger partial charge on any atom is 0.251 e.